The number of H-pyrrole nitrogens is 1. The third kappa shape index (κ3) is 4.14. The number of rotatable bonds is 6. The lowest BCUT2D eigenvalue weighted by atomic mass is 10.0. The highest BCUT2D eigenvalue weighted by Crippen LogP contribution is 2.20. The molecule has 27 heavy (non-hydrogen) atoms. The van der Waals surface area contributed by atoms with E-state index in [1.165, 1.54) is 5.56 Å². The van der Waals surface area contributed by atoms with Crippen molar-refractivity contribution < 1.29 is 4.79 Å². The second kappa shape index (κ2) is 7.84. The standard InChI is InChI=1S/C22H18BrN3O/c23-20-4-2-1-3-19(20)21(27)12-16-11-17-13-18(26-22(17)25-14-16)6-5-15-7-9-24-10-8-15/h1-4,7-11,13-14H,5-6,12H2,(H,25,26). The van der Waals surface area contributed by atoms with Gasteiger partial charge in [-0.05, 0) is 54.3 Å². The van der Waals surface area contributed by atoms with E-state index in [1.54, 1.807) is 6.20 Å². The van der Waals surface area contributed by atoms with Gasteiger partial charge in [0.25, 0.3) is 0 Å². The molecule has 1 aromatic carbocycles. The van der Waals surface area contributed by atoms with Gasteiger partial charge in [-0.1, -0.05) is 34.1 Å². The third-order valence-electron chi connectivity index (χ3n) is 4.55. The molecule has 0 radical (unpaired) electrons. The summed E-state index contributed by atoms with van der Waals surface area (Å²) in [7, 11) is 0. The van der Waals surface area contributed by atoms with Gasteiger partial charge < -0.3 is 4.98 Å². The highest BCUT2D eigenvalue weighted by molar-refractivity contribution is 9.10. The quantitative estimate of drug-likeness (QED) is 0.450. The molecule has 4 aromatic rings. The lowest BCUT2D eigenvalue weighted by Gasteiger charge is -2.03. The summed E-state index contributed by atoms with van der Waals surface area (Å²) in [6, 6.07) is 15.7. The lowest BCUT2D eigenvalue weighted by Crippen LogP contribution is -2.04. The molecule has 0 atom stereocenters. The van der Waals surface area contributed by atoms with E-state index in [0.717, 1.165) is 39.6 Å². The number of carbonyl (C=O) groups is 1. The number of ketones is 1. The molecule has 0 aliphatic heterocycles. The number of nitrogens with one attached hydrogen (secondary N) is 1. The van der Waals surface area contributed by atoms with Gasteiger partial charge in [0, 0.05) is 46.1 Å². The summed E-state index contributed by atoms with van der Waals surface area (Å²) < 4.78 is 0.823. The number of fused-ring (bicyclic) bond motifs is 1. The average molecular weight is 420 g/mol. The molecule has 4 rings (SSSR count). The minimum atomic E-state index is 0.0806. The maximum atomic E-state index is 12.6. The van der Waals surface area contributed by atoms with Crippen molar-refractivity contribution in [2.75, 3.05) is 0 Å². The molecule has 4 nitrogen and oxygen atoms in total. The Morgan fingerprint density at radius 3 is 2.63 bits per heavy atom. The monoisotopic (exact) mass is 419 g/mol. The maximum Gasteiger partial charge on any atom is 0.168 e. The van der Waals surface area contributed by atoms with Crippen LogP contribution >= 0.6 is 15.9 Å². The summed E-state index contributed by atoms with van der Waals surface area (Å²) in [5, 5.41) is 1.04. The highest BCUT2D eigenvalue weighted by atomic mass is 79.9. The second-order valence-electron chi connectivity index (χ2n) is 6.51. The molecular formula is C22H18BrN3O. The number of pyridine rings is 2. The summed E-state index contributed by atoms with van der Waals surface area (Å²) in [6.45, 7) is 0. The van der Waals surface area contributed by atoms with Crippen molar-refractivity contribution in [2.45, 2.75) is 19.3 Å². The number of aryl methyl sites for hydroxylation is 2. The van der Waals surface area contributed by atoms with E-state index in [1.807, 2.05) is 54.9 Å². The number of nitrogens with zero attached hydrogens (tertiary/aromatic N) is 2. The van der Waals surface area contributed by atoms with Gasteiger partial charge in [-0.2, -0.15) is 0 Å². The van der Waals surface area contributed by atoms with Crippen LogP contribution < -0.4 is 0 Å². The molecule has 134 valence electrons. The number of halogens is 1. The Bertz CT molecular complexity index is 1090. The summed E-state index contributed by atoms with van der Waals surface area (Å²) in [4.78, 5) is 24.5. The van der Waals surface area contributed by atoms with Gasteiger partial charge in [0.2, 0.25) is 0 Å². The molecule has 3 aromatic heterocycles. The third-order valence-corrected chi connectivity index (χ3v) is 5.25. The molecular weight excluding hydrogens is 402 g/mol. The van der Waals surface area contributed by atoms with Crippen LogP contribution in [-0.4, -0.2) is 20.7 Å². The zero-order chi connectivity index (χ0) is 18.6. The molecule has 3 heterocycles. The Labute approximate surface area is 165 Å². The van der Waals surface area contributed by atoms with Crippen molar-refractivity contribution in [3.63, 3.8) is 0 Å². The van der Waals surface area contributed by atoms with Crippen LogP contribution in [0.2, 0.25) is 0 Å². The van der Waals surface area contributed by atoms with Crippen LogP contribution in [0.3, 0.4) is 0 Å². The second-order valence-corrected chi connectivity index (χ2v) is 7.37. The minimum Gasteiger partial charge on any atom is -0.343 e. The van der Waals surface area contributed by atoms with E-state index in [9.17, 15) is 4.79 Å². The van der Waals surface area contributed by atoms with Gasteiger partial charge in [0.05, 0.1) is 0 Å². The van der Waals surface area contributed by atoms with E-state index >= 15 is 0 Å². The summed E-state index contributed by atoms with van der Waals surface area (Å²) in [5.74, 6) is 0.0806. The predicted octanol–water partition coefficient (Wildman–Crippen LogP) is 4.93. The van der Waals surface area contributed by atoms with Gasteiger partial charge in [0.1, 0.15) is 5.65 Å². The summed E-state index contributed by atoms with van der Waals surface area (Å²) in [6.07, 6.45) is 7.60. The van der Waals surface area contributed by atoms with Crippen molar-refractivity contribution in [3.05, 3.63) is 94.0 Å². The zero-order valence-electron chi connectivity index (χ0n) is 14.7. The van der Waals surface area contributed by atoms with Gasteiger partial charge in [-0.25, -0.2) is 4.98 Å². The van der Waals surface area contributed by atoms with Crippen molar-refractivity contribution in [3.8, 4) is 0 Å². The molecule has 0 bridgehead atoms. The Balaban J connectivity index is 1.49. The molecule has 0 saturated carbocycles. The van der Waals surface area contributed by atoms with Crippen LogP contribution in [0.15, 0.2) is 71.6 Å². The normalized spacial score (nSPS) is 11.0. The fraction of sp³-hybridized carbons (Fsp3) is 0.136. The van der Waals surface area contributed by atoms with E-state index < -0.39 is 0 Å². The average Bonchev–Trinajstić information content (AvgIpc) is 3.10. The van der Waals surface area contributed by atoms with Crippen LogP contribution in [0, 0.1) is 0 Å². The van der Waals surface area contributed by atoms with E-state index in [0.29, 0.717) is 12.0 Å². The van der Waals surface area contributed by atoms with Crippen molar-refractivity contribution in [1.29, 1.82) is 0 Å². The zero-order valence-corrected chi connectivity index (χ0v) is 16.2. The Morgan fingerprint density at radius 1 is 1.00 bits per heavy atom. The molecule has 1 N–H and O–H groups in total. The number of carbonyl (C=O) groups excluding carboxylic acids is 1. The van der Waals surface area contributed by atoms with Gasteiger partial charge >= 0.3 is 0 Å². The van der Waals surface area contributed by atoms with Gasteiger partial charge in [-0.3, -0.25) is 9.78 Å². The maximum absolute atomic E-state index is 12.6. The van der Waals surface area contributed by atoms with E-state index in [4.69, 9.17) is 0 Å². The lowest BCUT2D eigenvalue weighted by molar-refractivity contribution is 0.0992. The predicted molar refractivity (Wildman–Crippen MR) is 110 cm³/mol. The van der Waals surface area contributed by atoms with Crippen molar-refractivity contribution in [1.82, 2.24) is 15.0 Å². The van der Waals surface area contributed by atoms with Crippen LogP contribution in [0.25, 0.3) is 11.0 Å². The van der Waals surface area contributed by atoms with Crippen LogP contribution in [0.5, 0.6) is 0 Å². The van der Waals surface area contributed by atoms with Gasteiger partial charge in [0.15, 0.2) is 5.78 Å². The number of benzene rings is 1. The molecule has 0 saturated heterocycles. The molecule has 0 spiro atoms. The number of Topliss-reactive ketones (excluding diaryl/α,β-unsaturated/α-hetero) is 1. The largest absolute Gasteiger partial charge is 0.343 e. The fourth-order valence-corrected chi connectivity index (χ4v) is 3.65. The van der Waals surface area contributed by atoms with Gasteiger partial charge in [-0.15, -0.1) is 0 Å². The van der Waals surface area contributed by atoms with Crippen LogP contribution in [-0.2, 0) is 19.3 Å². The Hall–Kier alpha value is -2.79. The first kappa shape index (κ1) is 17.6. The van der Waals surface area contributed by atoms with E-state index in [-0.39, 0.29) is 5.78 Å². The van der Waals surface area contributed by atoms with Crippen molar-refractivity contribution >= 4 is 32.7 Å². The van der Waals surface area contributed by atoms with Crippen molar-refractivity contribution in [2.24, 2.45) is 0 Å². The molecule has 0 aliphatic carbocycles. The first-order valence-electron chi connectivity index (χ1n) is 8.82. The highest BCUT2D eigenvalue weighted by Gasteiger charge is 2.12. The minimum absolute atomic E-state index is 0.0806. The molecule has 5 heteroatoms. The SMILES string of the molecule is O=C(Cc1cnc2[nH]c(CCc3ccncc3)cc2c1)c1ccccc1Br. The van der Waals surface area contributed by atoms with Crippen LogP contribution in [0.1, 0.15) is 27.2 Å². The molecule has 0 aliphatic rings. The fourth-order valence-electron chi connectivity index (χ4n) is 3.15. The number of aromatic amines is 1. The number of hydrogen-bond acceptors (Lipinski definition) is 3. The molecule has 0 fully saturated rings. The van der Waals surface area contributed by atoms with Crippen LogP contribution in [0.4, 0.5) is 0 Å². The van der Waals surface area contributed by atoms with E-state index in [2.05, 4.69) is 36.9 Å². The number of aromatic nitrogens is 3. The molecule has 0 amide bonds. The Kier molecular flexibility index (Phi) is 5.12. The molecule has 0 unspecified atom stereocenters. The first-order valence-corrected chi connectivity index (χ1v) is 9.61. The first-order chi connectivity index (χ1) is 13.2. The smallest absolute Gasteiger partial charge is 0.168 e. The number of hydrogen-bond donors (Lipinski definition) is 1. The summed E-state index contributed by atoms with van der Waals surface area (Å²) >= 11 is 3.44. The topological polar surface area (TPSA) is 58.6 Å². The Morgan fingerprint density at radius 2 is 1.81 bits per heavy atom. The summed E-state index contributed by atoms with van der Waals surface area (Å²) in [5.41, 5.74) is 4.88.